The van der Waals surface area contributed by atoms with Gasteiger partial charge in [-0.1, -0.05) is 51.1 Å². The quantitative estimate of drug-likeness (QED) is 0.762. The highest BCUT2D eigenvalue weighted by Gasteiger charge is 2.48. The molecule has 2 amide bonds. The van der Waals surface area contributed by atoms with Gasteiger partial charge >= 0.3 is 12.2 Å². The molecule has 1 aromatic carbocycles. The standard InChI is InChI=1S/C24H35N3O4/c1-23(2,3)20-15-24(11-14-27(20)22(29)30,18-7-5-4-6-8-18)25-21(28)31-19-16-26-12-9-17(19)10-13-26/h4-8,17,19-20H,9-16H2,1-3H3,(H,25,28)(H,29,30)/t19-,20?,24?/m0/s1. The molecule has 4 aliphatic heterocycles. The van der Waals surface area contributed by atoms with Crippen LogP contribution in [0.4, 0.5) is 9.59 Å². The van der Waals surface area contributed by atoms with Crippen molar-refractivity contribution in [3.05, 3.63) is 35.9 Å². The third-order valence-corrected chi connectivity index (χ3v) is 7.47. The average molecular weight is 430 g/mol. The second-order valence-corrected chi connectivity index (χ2v) is 10.5. The number of carbonyl (C=O) groups excluding carboxylic acids is 1. The smallest absolute Gasteiger partial charge is 0.408 e. The molecule has 7 heteroatoms. The minimum absolute atomic E-state index is 0.0622. The van der Waals surface area contributed by atoms with Crippen molar-refractivity contribution in [1.29, 1.82) is 0 Å². The topological polar surface area (TPSA) is 82.1 Å². The van der Waals surface area contributed by atoms with Crippen molar-refractivity contribution in [2.45, 2.75) is 64.1 Å². The van der Waals surface area contributed by atoms with Crippen LogP contribution in [-0.2, 0) is 10.3 Å². The highest BCUT2D eigenvalue weighted by molar-refractivity contribution is 5.70. The van der Waals surface area contributed by atoms with Crippen LogP contribution in [-0.4, -0.2) is 65.4 Å². The number of fused-ring (bicyclic) bond motifs is 3. The first-order valence-corrected chi connectivity index (χ1v) is 11.4. The van der Waals surface area contributed by atoms with Crippen molar-refractivity contribution in [2.24, 2.45) is 11.3 Å². The maximum atomic E-state index is 13.1. The van der Waals surface area contributed by atoms with Gasteiger partial charge in [0.2, 0.25) is 0 Å². The molecule has 2 unspecified atom stereocenters. The van der Waals surface area contributed by atoms with Gasteiger partial charge in [-0.3, -0.25) is 4.90 Å². The Balaban J connectivity index is 1.57. The Kier molecular flexibility index (Phi) is 5.90. The van der Waals surface area contributed by atoms with Crippen molar-refractivity contribution in [3.63, 3.8) is 0 Å². The SMILES string of the molecule is CC(C)(C)C1CC(NC(=O)O[C@H]2CN3CCC2CC3)(c2ccccc2)CCN1C(=O)O. The van der Waals surface area contributed by atoms with E-state index in [0.29, 0.717) is 25.3 Å². The fourth-order valence-electron chi connectivity index (χ4n) is 5.62. The lowest BCUT2D eigenvalue weighted by Crippen LogP contribution is -2.61. The predicted molar refractivity (Wildman–Crippen MR) is 118 cm³/mol. The first kappa shape index (κ1) is 21.9. The number of likely N-dealkylation sites (tertiary alicyclic amines) is 1. The second-order valence-electron chi connectivity index (χ2n) is 10.5. The number of hydrogen-bond acceptors (Lipinski definition) is 4. The van der Waals surface area contributed by atoms with Gasteiger partial charge in [-0.15, -0.1) is 0 Å². The Labute approximate surface area is 184 Å². The van der Waals surface area contributed by atoms with E-state index in [2.05, 4.69) is 31.0 Å². The van der Waals surface area contributed by atoms with Crippen LogP contribution in [0.1, 0.15) is 52.0 Å². The number of nitrogens with one attached hydrogen (secondary N) is 1. The molecule has 7 nitrogen and oxygen atoms in total. The molecule has 2 N–H and O–H groups in total. The molecule has 4 aliphatic rings. The molecule has 0 radical (unpaired) electrons. The summed E-state index contributed by atoms with van der Waals surface area (Å²) < 4.78 is 5.95. The highest BCUT2D eigenvalue weighted by Crippen LogP contribution is 2.42. The van der Waals surface area contributed by atoms with Gasteiger partial charge in [0.15, 0.2) is 0 Å². The van der Waals surface area contributed by atoms with Crippen molar-refractivity contribution in [1.82, 2.24) is 15.1 Å². The van der Waals surface area contributed by atoms with Crippen LogP contribution >= 0.6 is 0 Å². The number of piperidine rings is 4. The summed E-state index contributed by atoms with van der Waals surface area (Å²) in [6.45, 7) is 9.54. The number of nitrogens with zero attached hydrogens (tertiary/aromatic N) is 2. The predicted octanol–water partition coefficient (Wildman–Crippen LogP) is 3.89. The van der Waals surface area contributed by atoms with Gasteiger partial charge in [-0.05, 0) is 55.7 Å². The molecule has 0 aliphatic carbocycles. The largest absolute Gasteiger partial charge is 0.465 e. The van der Waals surface area contributed by atoms with Crippen molar-refractivity contribution in [3.8, 4) is 0 Å². The van der Waals surface area contributed by atoms with Crippen LogP contribution in [0.5, 0.6) is 0 Å². The van der Waals surface area contributed by atoms with E-state index in [1.807, 2.05) is 30.3 Å². The zero-order valence-corrected chi connectivity index (χ0v) is 18.8. The molecule has 31 heavy (non-hydrogen) atoms. The van der Waals surface area contributed by atoms with E-state index in [4.69, 9.17) is 4.74 Å². The van der Waals surface area contributed by atoms with E-state index in [1.54, 1.807) is 0 Å². The van der Waals surface area contributed by atoms with E-state index >= 15 is 0 Å². The van der Waals surface area contributed by atoms with E-state index in [0.717, 1.165) is 38.0 Å². The second kappa shape index (κ2) is 8.34. The first-order chi connectivity index (χ1) is 14.7. The van der Waals surface area contributed by atoms with Crippen LogP contribution in [0.15, 0.2) is 30.3 Å². The monoisotopic (exact) mass is 429 g/mol. The molecule has 0 aromatic heterocycles. The third-order valence-electron chi connectivity index (χ3n) is 7.47. The van der Waals surface area contributed by atoms with Crippen LogP contribution in [0.25, 0.3) is 0 Å². The number of benzene rings is 1. The van der Waals surface area contributed by atoms with E-state index in [9.17, 15) is 14.7 Å². The Morgan fingerprint density at radius 3 is 2.35 bits per heavy atom. The highest BCUT2D eigenvalue weighted by atomic mass is 16.6. The number of carboxylic acid groups (broad SMARTS) is 1. The lowest BCUT2D eigenvalue weighted by molar-refractivity contribution is -0.0393. The first-order valence-electron chi connectivity index (χ1n) is 11.4. The summed E-state index contributed by atoms with van der Waals surface area (Å²) >= 11 is 0. The van der Waals surface area contributed by atoms with Gasteiger partial charge in [-0.25, -0.2) is 9.59 Å². The number of ether oxygens (including phenoxy) is 1. The zero-order valence-electron chi connectivity index (χ0n) is 18.8. The molecule has 5 rings (SSSR count). The van der Waals surface area contributed by atoms with Crippen LogP contribution in [0.2, 0.25) is 0 Å². The maximum Gasteiger partial charge on any atom is 0.408 e. The Morgan fingerprint density at radius 1 is 1.13 bits per heavy atom. The van der Waals surface area contributed by atoms with Gasteiger partial charge in [0.25, 0.3) is 0 Å². The zero-order chi connectivity index (χ0) is 22.2. The summed E-state index contributed by atoms with van der Waals surface area (Å²) in [7, 11) is 0. The molecule has 0 spiro atoms. The lowest BCUT2D eigenvalue weighted by atomic mass is 9.71. The lowest BCUT2D eigenvalue weighted by Gasteiger charge is -2.50. The minimum Gasteiger partial charge on any atom is -0.465 e. The molecule has 4 heterocycles. The number of rotatable bonds is 3. The van der Waals surface area contributed by atoms with Crippen LogP contribution in [0.3, 0.4) is 0 Å². The van der Waals surface area contributed by atoms with E-state index < -0.39 is 11.6 Å². The van der Waals surface area contributed by atoms with Gasteiger partial charge in [0.1, 0.15) is 6.10 Å². The fraction of sp³-hybridized carbons (Fsp3) is 0.667. The molecule has 4 saturated heterocycles. The minimum atomic E-state index is -0.906. The molecule has 170 valence electrons. The molecule has 1 aromatic rings. The van der Waals surface area contributed by atoms with Gasteiger partial charge in [-0.2, -0.15) is 0 Å². The average Bonchev–Trinajstić information content (AvgIpc) is 2.74. The van der Waals surface area contributed by atoms with Crippen molar-refractivity contribution in [2.75, 3.05) is 26.2 Å². The Bertz CT molecular complexity index is 801. The molecular weight excluding hydrogens is 394 g/mol. The number of hydrogen-bond donors (Lipinski definition) is 2. The van der Waals surface area contributed by atoms with E-state index in [1.165, 1.54) is 4.90 Å². The number of carbonyl (C=O) groups is 2. The maximum absolute atomic E-state index is 13.1. The van der Waals surface area contributed by atoms with E-state index in [-0.39, 0.29) is 23.7 Å². The Morgan fingerprint density at radius 2 is 1.81 bits per heavy atom. The Hall–Kier alpha value is -2.28. The number of alkyl carbamates (subject to hydrolysis) is 1. The molecule has 4 fully saturated rings. The summed E-state index contributed by atoms with van der Waals surface area (Å²) in [4.78, 5) is 28.9. The van der Waals surface area contributed by atoms with Gasteiger partial charge < -0.3 is 20.1 Å². The van der Waals surface area contributed by atoms with Crippen LogP contribution in [0, 0.1) is 11.3 Å². The van der Waals surface area contributed by atoms with Gasteiger partial charge in [0, 0.05) is 19.1 Å². The molecular formula is C24H35N3O4. The van der Waals surface area contributed by atoms with Crippen molar-refractivity contribution >= 4 is 12.2 Å². The normalized spacial score (nSPS) is 33.1. The molecule has 3 atom stereocenters. The fourth-order valence-corrected chi connectivity index (χ4v) is 5.62. The van der Waals surface area contributed by atoms with Crippen LogP contribution < -0.4 is 5.32 Å². The summed E-state index contributed by atoms with van der Waals surface area (Å²) in [5.41, 5.74) is 0.0799. The summed E-state index contributed by atoms with van der Waals surface area (Å²) in [5.74, 6) is 0.444. The summed E-state index contributed by atoms with van der Waals surface area (Å²) in [5, 5.41) is 13.0. The third kappa shape index (κ3) is 4.52. The number of amides is 2. The molecule has 2 bridgehead atoms. The summed E-state index contributed by atoms with van der Waals surface area (Å²) in [6, 6.07) is 9.70. The van der Waals surface area contributed by atoms with Gasteiger partial charge in [0.05, 0.1) is 5.54 Å². The summed E-state index contributed by atoms with van der Waals surface area (Å²) in [6.07, 6.45) is 1.85. The molecule has 0 saturated carbocycles. The van der Waals surface area contributed by atoms with Crippen molar-refractivity contribution < 1.29 is 19.4 Å².